The van der Waals surface area contributed by atoms with Gasteiger partial charge < -0.3 is 9.52 Å². The number of hydrogen-bond acceptors (Lipinski definition) is 4. The van der Waals surface area contributed by atoms with Gasteiger partial charge in [0.1, 0.15) is 17.7 Å². The molecule has 5 nitrogen and oxygen atoms in total. The Balaban J connectivity index is 1.85. The molecule has 0 bridgehead atoms. The molecule has 0 saturated heterocycles. The lowest BCUT2D eigenvalue weighted by atomic mass is 10.1. The largest absolute Gasteiger partial charge is 0.464 e. The number of nitrogens with zero attached hydrogens (tertiary/aromatic N) is 3. The third-order valence-corrected chi connectivity index (χ3v) is 3.38. The van der Waals surface area contributed by atoms with E-state index < -0.39 is 6.10 Å². The second-order valence-electron chi connectivity index (χ2n) is 4.81. The van der Waals surface area contributed by atoms with Crippen molar-refractivity contribution in [3.05, 3.63) is 48.2 Å². The molecule has 20 heavy (non-hydrogen) atoms. The van der Waals surface area contributed by atoms with E-state index in [1.165, 1.54) is 6.33 Å². The van der Waals surface area contributed by atoms with Crippen LogP contribution in [0, 0.1) is 0 Å². The summed E-state index contributed by atoms with van der Waals surface area (Å²) in [6, 6.07) is 7.70. The van der Waals surface area contributed by atoms with E-state index >= 15 is 0 Å². The normalized spacial score (nSPS) is 12.9. The molecule has 0 aliphatic carbocycles. The van der Waals surface area contributed by atoms with E-state index in [2.05, 4.69) is 17.0 Å². The Kier molecular flexibility index (Phi) is 3.52. The highest BCUT2D eigenvalue weighted by atomic mass is 16.3. The predicted molar refractivity (Wildman–Crippen MR) is 75.2 cm³/mol. The molecule has 1 atom stereocenters. The van der Waals surface area contributed by atoms with Crippen LogP contribution in [0.2, 0.25) is 0 Å². The van der Waals surface area contributed by atoms with E-state index in [1.807, 2.05) is 28.9 Å². The molecule has 1 aromatic carbocycles. The lowest BCUT2D eigenvalue weighted by Crippen LogP contribution is -2.10. The van der Waals surface area contributed by atoms with Gasteiger partial charge in [-0.3, -0.25) is 4.68 Å². The Morgan fingerprint density at radius 2 is 2.20 bits per heavy atom. The van der Waals surface area contributed by atoms with Crippen molar-refractivity contribution in [2.24, 2.45) is 0 Å². The zero-order valence-corrected chi connectivity index (χ0v) is 11.4. The second-order valence-corrected chi connectivity index (χ2v) is 4.81. The summed E-state index contributed by atoms with van der Waals surface area (Å²) in [6.45, 7) is 2.90. The van der Waals surface area contributed by atoms with E-state index in [9.17, 15) is 5.11 Å². The van der Waals surface area contributed by atoms with Gasteiger partial charge in [0.25, 0.3) is 0 Å². The highest BCUT2D eigenvalue weighted by Crippen LogP contribution is 2.27. The van der Waals surface area contributed by atoms with Gasteiger partial charge >= 0.3 is 0 Å². The van der Waals surface area contributed by atoms with Gasteiger partial charge in [0.2, 0.25) is 0 Å². The van der Waals surface area contributed by atoms with Crippen LogP contribution in [-0.2, 0) is 13.0 Å². The number of rotatable bonds is 5. The number of aliphatic hydroxyl groups excluding tert-OH is 1. The lowest BCUT2D eigenvalue weighted by Gasteiger charge is -2.09. The highest BCUT2D eigenvalue weighted by molar-refractivity contribution is 5.81. The minimum Gasteiger partial charge on any atom is -0.464 e. The van der Waals surface area contributed by atoms with Crippen LogP contribution in [0.25, 0.3) is 11.0 Å². The minimum absolute atomic E-state index is 0.434. The summed E-state index contributed by atoms with van der Waals surface area (Å²) >= 11 is 0. The van der Waals surface area contributed by atoms with Crippen molar-refractivity contribution in [3.63, 3.8) is 0 Å². The molecule has 0 saturated carbocycles. The van der Waals surface area contributed by atoms with Crippen LogP contribution < -0.4 is 0 Å². The molecule has 2 aromatic heterocycles. The zero-order valence-electron chi connectivity index (χ0n) is 11.4. The first-order chi connectivity index (χ1) is 9.79. The van der Waals surface area contributed by atoms with E-state index in [0.29, 0.717) is 6.42 Å². The topological polar surface area (TPSA) is 64.1 Å². The van der Waals surface area contributed by atoms with E-state index in [1.54, 1.807) is 6.26 Å². The molecule has 2 heterocycles. The molecular formula is C15H17N3O2. The van der Waals surface area contributed by atoms with Crippen molar-refractivity contribution in [1.29, 1.82) is 0 Å². The number of aromatic nitrogens is 3. The van der Waals surface area contributed by atoms with Gasteiger partial charge in [0, 0.05) is 23.9 Å². The maximum atomic E-state index is 10.4. The van der Waals surface area contributed by atoms with Crippen LogP contribution in [0.15, 0.2) is 41.3 Å². The molecule has 5 heteroatoms. The number of hydrogen-bond donors (Lipinski definition) is 1. The molecule has 0 amide bonds. The summed E-state index contributed by atoms with van der Waals surface area (Å²) in [6.07, 6.45) is 3.93. The molecule has 0 aliphatic rings. The number of aryl methyl sites for hydroxylation is 1. The highest BCUT2D eigenvalue weighted by Gasteiger charge is 2.17. The van der Waals surface area contributed by atoms with Gasteiger partial charge in [-0.25, -0.2) is 4.98 Å². The first-order valence-corrected chi connectivity index (χ1v) is 6.80. The van der Waals surface area contributed by atoms with Gasteiger partial charge in [0.15, 0.2) is 0 Å². The fourth-order valence-corrected chi connectivity index (χ4v) is 2.38. The number of aliphatic hydroxyl groups is 1. The van der Waals surface area contributed by atoms with Crippen LogP contribution in [0.3, 0.4) is 0 Å². The summed E-state index contributed by atoms with van der Waals surface area (Å²) in [5, 5.41) is 15.6. The van der Waals surface area contributed by atoms with Crippen LogP contribution in [0.5, 0.6) is 0 Å². The first kappa shape index (κ1) is 12.9. The molecule has 0 fully saturated rings. The van der Waals surface area contributed by atoms with Gasteiger partial charge in [-0.2, -0.15) is 5.10 Å². The van der Waals surface area contributed by atoms with Gasteiger partial charge in [-0.15, -0.1) is 0 Å². The smallest absolute Gasteiger partial charge is 0.138 e. The van der Waals surface area contributed by atoms with Crippen molar-refractivity contribution in [2.45, 2.75) is 32.4 Å². The van der Waals surface area contributed by atoms with Gasteiger partial charge in [-0.05, 0) is 12.5 Å². The minimum atomic E-state index is -0.640. The van der Waals surface area contributed by atoms with Crippen LogP contribution in [0.1, 0.15) is 30.8 Å². The summed E-state index contributed by atoms with van der Waals surface area (Å²) in [5.74, 6) is 0.796. The molecular weight excluding hydrogens is 254 g/mol. The standard InChI is InChI=1S/C15H17N3O2/c1-2-7-18-15(16-10-17-18)8-13(19)12-9-20-14-6-4-3-5-11(12)14/h3-6,9-10,13,19H,2,7-8H2,1H3. The maximum Gasteiger partial charge on any atom is 0.138 e. The monoisotopic (exact) mass is 271 g/mol. The van der Waals surface area contributed by atoms with Crippen LogP contribution in [-0.4, -0.2) is 19.9 Å². The lowest BCUT2D eigenvalue weighted by molar-refractivity contribution is 0.174. The number of furan rings is 1. The second kappa shape index (κ2) is 5.46. The van der Waals surface area contributed by atoms with Crippen molar-refractivity contribution in [2.75, 3.05) is 0 Å². The Hall–Kier alpha value is -2.14. The summed E-state index contributed by atoms with van der Waals surface area (Å²) in [4.78, 5) is 4.23. The maximum absolute atomic E-state index is 10.4. The van der Waals surface area contributed by atoms with Gasteiger partial charge in [0.05, 0.1) is 12.4 Å². The molecule has 1 N–H and O–H groups in total. The average Bonchev–Trinajstić information content (AvgIpc) is 3.06. The summed E-state index contributed by atoms with van der Waals surface area (Å²) < 4.78 is 7.30. The van der Waals surface area contributed by atoms with Crippen molar-refractivity contribution in [1.82, 2.24) is 14.8 Å². The summed E-state index contributed by atoms with van der Waals surface area (Å²) in [7, 11) is 0. The van der Waals surface area contributed by atoms with Crippen molar-refractivity contribution < 1.29 is 9.52 Å². The molecule has 0 spiro atoms. The molecule has 3 rings (SSSR count). The summed E-state index contributed by atoms with van der Waals surface area (Å²) in [5.41, 5.74) is 1.59. The third kappa shape index (κ3) is 2.32. The molecule has 1 unspecified atom stereocenters. The predicted octanol–water partition coefficient (Wildman–Crippen LogP) is 2.71. The number of para-hydroxylation sites is 1. The Labute approximate surface area is 116 Å². The Morgan fingerprint density at radius 1 is 1.35 bits per heavy atom. The molecule has 0 aliphatic heterocycles. The molecule has 104 valence electrons. The zero-order chi connectivity index (χ0) is 13.9. The fraction of sp³-hybridized carbons (Fsp3) is 0.333. The van der Waals surface area contributed by atoms with E-state index in [4.69, 9.17) is 4.42 Å². The fourth-order valence-electron chi connectivity index (χ4n) is 2.38. The average molecular weight is 271 g/mol. The van der Waals surface area contributed by atoms with E-state index in [-0.39, 0.29) is 0 Å². The van der Waals surface area contributed by atoms with Crippen LogP contribution >= 0.6 is 0 Å². The molecule has 0 radical (unpaired) electrons. The first-order valence-electron chi connectivity index (χ1n) is 6.80. The van der Waals surface area contributed by atoms with Crippen molar-refractivity contribution in [3.8, 4) is 0 Å². The van der Waals surface area contributed by atoms with Crippen LogP contribution in [0.4, 0.5) is 0 Å². The van der Waals surface area contributed by atoms with Gasteiger partial charge in [-0.1, -0.05) is 25.1 Å². The van der Waals surface area contributed by atoms with E-state index in [0.717, 1.165) is 35.3 Å². The molecule has 3 aromatic rings. The SMILES string of the molecule is CCCn1ncnc1CC(O)c1coc2ccccc12. The third-order valence-electron chi connectivity index (χ3n) is 3.38. The number of benzene rings is 1. The number of fused-ring (bicyclic) bond motifs is 1. The van der Waals surface area contributed by atoms with Crippen molar-refractivity contribution >= 4 is 11.0 Å². The Morgan fingerprint density at radius 3 is 3.05 bits per heavy atom. The Bertz CT molecular complexity index is 702. The quantitative estimate of drug-likeness (QED) is 0.775.